The summed E-state index contributed by atoms with van der Waals surface area (Å²) in [6, 6.07) is 0.953. The quantitative estimate of drug-likeness (QED) is 0.538. The first-order chi connectivity index (χ1) is 11.8. The standard InChI is InChI=1S/C15H21ClF3N5O/c1-2-20-14(21-4-6-25)23-11-3-5-24(9-11)13-12(16)7-10(8-22-13)15(17,18)19/h7-8,11,25H,2-6,9H2,1H3,(H2,20,21,23). The summed E-state index contributed by atoms with van der Waals surface area (Å²) in [5.41, 5.74) is -0.860. The number of hydrogen-bond acceptors (Lipinski definition) is 4. The lowest BCUT2D eigenvalue weighted by molar-refractivity contribution is -0.137. The van der Waals surface area contributed by atoms with Crippen molar-refractivity contribution < 1.29 is 18.3 Å². The molecule has 2 rings (SSSR count). The van der Waals surface area contributed by atoms with Gasteiger partial charge in [0.15, 0.2) is 5.96 Å². The first kappa shape index (κ1) is 19.6. The summed E-state index contributed by atoms with van der Waals surface area (Å²) in [5, 5.41) is 15.2. The summed E-state index contributed by atoms with van der Waals surface area (Å²) >= 11 is 6.00. The number of anilines is 1. The summed E-state index contributed by atoms with van der Waals surface area (Å²) in [6.45, 7) is 4.02. The minimum Gasteiger partial charge on any atom is -0.394 e. The predicted octanol–water partition coefficient (Wildman–Crippen LogP) is 1.88. The van der Waals surface area contributed by atoms with Crippen molar-refractivity contribution in [2.24, 2.45) is 4.99 Å². The molecule has 2 heterocycles. The van der Waals surface area contributed by atoms with Crippen molar-refractivity contribution in [3.8, 4) is 0 Å². The fourth-order valence-corrected chi connectivity index (χ4v) is 2.85. The largest absolute Gasteiger partial charge is 0.417 e. The number of aliphatic hydroxyl groups is 1. The molecular formula is C15H21ClF3N5O. The molecular weight excluding hydrogens is 359 g/mol. The third kappa shape index (κ3) is 5.37. The third-order valence-corrected chi connectivity index (χ3v) is 3.97. The van der Waals surface area contributed by atoms with Crippen LogP contribution in [-0.4, -0.2) is 54.9 Å². The number of alkyl halides is 3. The molecule has 140 valence electrons. The zero-order valence-corrected chi connectivity index (χ0v) is 14.5. The number of guanidine groups is 1. The Morgan fingerprint density at radius 2 is 2.28 bits per heavy atom. The Hall–Kier alpha value is -1.74. The molecule has 0 aliphatic carbocycles. The van der Waals surface area contributed by atoms with E-state index in [0.29, 0.717) is 31.4 Å². The lowest BCUT2D eigenvalue weighted by Gasteiger charge is -2.21. The van der Waals surface area contributed by atoms with Crippen LogP contribution in [0, 0.1) is 0 Å². The van der Waals surface area contributed by atoms with Gasteiger partial charge in [-0.05, 0) is 19.4 Å². The number of aliphatic hydroxyl groups excluding tert-OH is 1. The molecule has 0 aromatic carbocycles. The van der Waals surface area contributed by atoms with Crippen LogP contribution in [0.15, 0.2) is 17.3 Å². The van der Waals surface area contributed by atoms with Crippen LogP contribution in [0.5, 0.6) is 0 Å². The molecule has 1 aromatic rings. The number of hydrogen-bond donors (Lipinski definition) is 3. The maximum absolute atomic E-state index is 12.7. The Morgan fingerprint density at radius 1 is 1.52 bits per heavy atom. The highest BCUT2D eigenvalue weighted by atomic mass is 35.5. The van der Waals surface area contributed by atoms with Crippen molar-refractivity contribution >= 4 is 23.4 Å². The second-order valence-corrected chi connectivity index (χ2v) is 5.99. The SMILES string of the molecule is CCNC(=NCCO)NC1CCN(c2ncc(C(F)(F)F)cc2Cl)C1. The van der Waals surface area contributed by atoms with Crippen LogP contribution >= 0.6 is 11.6 Å². The van der Waals surface area contributed by atoms with Gasteiger partial charge in [0, 0.05) is 31.9 Å². The monoisotopic (exact) mass is 379 g/mol. The van der Waals surface area contributed by atoms with E-state index in [1.807, 2.05) is 11.8 Å². The van der Waals surface area contributed by atoms with Crippen LogP contribution in [0.3, 0.4) is 0 Å². The first-order valence-corrected chi connectivity index (χ1v) is 8.36. The van der Waals surface area contributed by atoms with Gasteiger partial charge in [-0.2, -0.15) is 13.2 Å². The van der Waals surface area contributed by atoms with Gasteiger partial charge in [-0.3, -0.25) is 4.99 Å². The average Bonchev–Trinajstić information content (AvgIpc) is 3.00. The maximum atomic E-state index is 12.7. The van der Waals surface area contributed by atoms with Gasteiger partial charge >= 0.3 is 6.18 Å². The van der Waals surface area contributed by atoms with E-state index in [4.69, 9.17) is 16.7 Å². The van der Waals surface area contributed by atoms with Crippen molar-refractivity contribution in [1.29, 1.82) is 0 Å². The molecule has 1 aliphatic rings. The van der Waals surface area contributed by atoms with Gasteiger partial charge in [-0.25, -0.2) is 4.98 Å². The molecule has 10 heteroatoms. The van der Waals surface area contributed by atoms with E-state index in [-0.39, 0.29) is 24.2 Å². The van der Waals surface area contributed by atoms with Crippen LogP contribution in [0.25, 0.3) is 0 Å². The minimum atomic E-state index is -4.46. The minimum absolute atomic E-state index is 0.0173. The fraction of sp³-hybridized carbons (Fsp3) is 0.600. The molecule has 0 saturated carbocycles. The Kier molecular flexibility index (Phi) is 6.71. The number of nitrogens with one attached hydrogen (secondary N) is 2. The average molecular weight is 380 g/mol. The number of aromatic nitrogens is 1. The van der Waals surface area contributed by atoms with E-state index in [0.717, 1.165) is 18.7 Å². The molecule has 1 aliphatic heterocycles. The smallest absolute Gasteiger partial charge is 0.394 e. The predicted molar refractivity (Wildman–Crippen MR) is 91.1 cm³/mol. The van der Waals surface area contributed by atoms with E-state index in [9.17, 15) is 13.2 Å². The molecule has 3 N–H and O–H groups in total. The van der Waals surface area contributed by atoms with Crippen LogP contribution in [0.4, 0.5) is 19.0 Å². The topological polar surface area (TPSA) is 72.8 Å². The molecule has 0 amide bonds. The van der Waals surface area contributed by atoms with Crippen LogP contribution in [0.1, 0.15) is 18.9 Å². The van der Waals surface area contributed by atoms with E-state index in [2.05, 4.69) is 20.6 Å². The molecule has 25 heavy (non-hydrogen) atoms. The number of rotatable bonds is 5. The Morgan fingerprint density at radius 3 is 2.88 bits per heavy atom. The van der Waals surface area contributed by atoms with Crippen molar-refractivity contribution in [2.75, 3.05) is 37.7 Å². The normalized spacial score (nSPS) is 18.6. The van der Waals surface area contributed by atoms with Crippen LogP contribution in [0.2, 0.25) is 5.02 Å². The lowest BCUT2D eigenvalue weighted by Crippen LogP contribution is -2.44. The van der Waals surface area contributed by atoms with Gasteiger partial charge in [0.2, 0.25) is 0 Å². The van der Waals surface area contributed by atoms with Crippen molar-refractivity contribution in [2.45, 2.75) is 25.6 Å². The molecule has 0 radical (unpaired) electrons. The van der Waals surface area contributed by atoms with Gasteiger partial charge < -0.3 is 20.6 Å². The zero-order chi connectivity index (χ0) is 18.4. The summed E-state index contributed by atoms with van der Waals surface area (Å²) in [5.74, 6) is 0.936. The van der Waals surface area contributed by atoms with Crippen LogP contribution in [-0.2, 0) is 6.18 Å². The Bertz CT molecular complexity index is 611. The highest BCUT2D eigenvalue weighted by molar-refractivity contribution is 6.33. The highest BCUT2D eigenvalue weighted by Gasteiger charge is 2.33. The van der Waals surface area contributed by atoms with Gasteiger partial charge in [-0.15, -0.1) is 0 Å². The number of aliphatic imine (C=N–C) groups is 1. The zero-order valence-electron chi connectivity index (χ0n) is 13.8. The number of nitrogens with zero attached hydrogens (tertiary/aromatic N) is 3. The summed E-state index contributed by atoms with van der Waals surface area (Å²) in [4.78, 5) is 9.95. The van der Waals surface area contributed by atoms with E-state index in [1.165, 1.54) is 0 Å². The maximum Gasteiger partial charge on any atom is 0.417 e. The molecule has 1 aromatic heterocycles. The third-order valence-electron chi connectivity index (χ3n) is 3.69. The highest BCUT2D eigenvalue weighted by Crippen LogP contribution is 2.34. The molecule has 6 nitrogen and oxygen atoms in total. The molecule has 1 saturated heterocycles. The lowest BCUT2D eigenvalue weighted by atomic mass is 10.2. The summed E-state index contributed by atoms with van der Waals surface area (Å²) in [6.07, 6.45) is -2.90. The number of pyridine rings is 1. The van der Waals surface area contributed by atoms with E-state index >= 15 is 0 Å². The second kappa shape index (κ2) is 8.57. The Balaban J connectivity index is 2.02. The number of halogens is 4. The van der Waals surface area contributed by atoms with E-state index < -0.39 is 11.7 Å². The summed E-state index contributed by atoms with van der Waals surface area (Å²) in [7, 11) is 0. The van der Waals surface area contributed by atoms with Crippen molar-refractivity contribution in [3.63, 3.8) is 0 Å². The fourth-order valence-electron chi connectivity index (χ4n) is 2.56. The first-order valence-electron chi connectivity index (χ1n) is 7.98. The van der Waals surface area contributed by atoms with E-state index in [1.54, 1.807) is 0 Å². The molecule has 0 bridgehead atoms. The van der Waals surface area contributed by atoms with Gasteiger partial charge in [0.25, 0.3) is 0 Å². The molecule has 1 fully saturated rings. The summed E-state index contributed by atoms with van der Waals surface area (Å²) < 4.78 is 38.1. The molecule has 1 unspecified atom stereocenters. The molecule has 0 spiro atoms. The van der Waals surface area contributed by atoms with Crippen LogP contribution < -0.4 is 15.5 Å². The Labute approximate surface area is 149 Å². The van der Waals surface area contributed by atoms with Gasteiger partial charge in [0.05, 0.1) is 23.7 Å². The van der Waals surface area contributed by atoms with Crippen molar-refractivity contribution in [1.82, 2.24) is 15.6 Å². The van der Waals surface area contributed by atoms with Gasteiger partial charge in [-0.1, -0.05) is 11.6 Å². The van der Waals surface area contributed by atoms with Gasteiger partial charge in [0.1, 0.15) is 5.82 Å². The van der Waals surface area contributed by atoms with Crippen molar-refractivity contribution in [3.05, 3.63) is 22.8 Å². The molecule has 1 atom stereocenters. The second-order valence-electron chi connectivity index (χ2n) is 5.59.